The molecule has 0 aliphatic carbocycles. The summed E-state index contributed by atoms with van der Waals surface area (Å²) in [6.07, 6.45) is -2.59. The van der Waals surface area contributed by atoms with E-state index in [9.17, 15) is 28.8 Å². The Balaban J connectivity index is 2.89. The maximum absolute atomic E-state index is 13.1. The van der Waals surface area contributed by atoms with E-state index in [1.807, 2.05) is 0 Å². The highest BCUT2D eigenvalue weighted by molar-refractivity contribution is 5.67. The van der Waals surface area contributed by atoms with Crippen LogP contribution in [0.4, 0.5) is 14.4 Å². The molecule has 0 aliphatic heterocycles. The summed E-state index contributed by atoms with van der Waals surface area (Å²) in [4.78, 5) is 74.8. The maximum atomic E-state index is 13.1. The second-order valence-corrected chi connectivity index (χ2v) is 8.50. The monoisotopic (exact) mass is 654 g/mol. The fraction of sp³-hybridized carbons (Fsp3) is 0.750. The fourth-order valence-electron chi connectivity index (χ4n) is 3.30. The Labute approximate surface area is 256 Å². The van der Waals surface area contributed by atoms with Gasteiger partial charge in [0.1, 0.15) is 19.8 Å². The Morgan fingerprint density at radius 1 is 0.467 bits per heavy atom. The van der Waals surface area contributed by atoms with Gasteiger partial charge in [-0.2, -0.15) is 0 Å². The minimum atomic E-state index is -1.02. The SMILES string of the molecule is O=C(NCCn1c(=O)n(CCNC(=O)OCCOCCO)c(=O)n(CCNC(=O)OCCOCCO)c1=O)OCCOCCO. The van der Waals surface area contributed by atoms with Crippen LogP contribution in [0.3, 0.4) is 0 Å². The minimum Gasteiger partial charge on any atom is -0.447 e. The molecule has 0 spiro atoms. The van der Waals surface area contributed by atoms with Crippen molar-refractivity contribution in [3.8, 4) is 0 Å². The molecule has 0 atom stereocenters. The zero-order valence-electron chi connectivity index (χ0n) is 24.8. The van der Waals surface area contributed by atoms with Gasteiger partial charge in [-0.15, -0.1) is 0 Å². The van der Waals surface area contributed by atoms with Gasteiger partial charge in [0.05, 0.1) is 59.5 Å². The lowest BCUT2D eigenvalue weighted by atomic mass is 10.5. The first-order valence-corrected chi connectivity index (χ1v) is 14.0. The van der Waals surface area contributed by atoms with Gasteiger partial charge >= 0.3 is 35.3 Å². The topological polar surface area (TPSA) is 269 Å². The van der Waals surface area contributed by atoms with E-state index in [0.29, 0.717) is 13.7 Å². The molecule has 258 valence electrons. The summed E-state index contributed by atoms with van der Waals surface area (Å²) in [6, 6.07) is 0. The summed E-state index contributed by atoms with van der Waals surface area (Å²) in [7, 11) is 0. The van der Waals surface area contributed by atoms with E-state index in [-0.39, 0.29) is 119 Å². The number of nitrogens with zero attached hydrogens (tertiary/aromatic N) is 3. The molecule has 0 fully saturated rings. The van der Waals surface area contributed by atoms with Crippen LogP contribution in [0.1, 0.15) is 0 Å². The maximum Gasteiger partial charge on any atom is 0.407 e. The number of nitrogens with one attached hydrogen (secondary N) is 3. The lowest BCUT2D eigenvalue weighted by molar-refractivity contribution is 0.0535. The number of rotatable bonds is 24. The van der Waals surface area contributed by atoms with E-state index in [0.717, 1.165) is 0 Å². The van der Waals surface area contributed by atoms with Crippen LogP contribution in [0, 0.1) is 0 Å². The summed E-state index contributed by atoms with van der Waals surface area (Å²) in [5.41, 5.74) is -3.05. The van der Waals surface area contributed by atoms with Crippen LogP contribution in [0.5, 0.6) is 0 Å². The Kier molecular flexibility index (Phi) is 21.1. The van der Waals surface area contributed by atoms with Gasteiger partial charge in [-0.1, -0.05) is 0 Å². The number of hydrogen-bond acceptors (Lipinski definition) is 15. The molecule has 0 unspecified atom stereocenters. The lowest BCUT2D eigenvalue weighted by Gasteiger charge is -2.15. The summed E-state index contributed by atoms with van der Waals surface area (Å²) in [5, 5.41) is 33.1. The molecule has 0 aliphatic rings. The molecule has 0 bridgehead atoms. The third kappa shape index (κ3) is 16.6. The van der Waals surface area contributed by atoms with E-state index in [2.05, 4.69) is 16.0 Å². The highest BCUT2D eigenvalue weighted by atomic mass is 16.6. The molecule has 1 heterocycles. The molecule has 3 amide bonds. The first-order valence-electron chi connectivity index (χ1n) is 14.0. The van der Waals surface area contributed by atoms with Gasteiger partial charge in [0.25, 0.3) is 0 Å². The molecule has 1 aromatic heterocycles. The van der Waals surface area contributed by atoms with E-state index in [1.54, 1.807) is 0 Å². The normalized spacial score (nSPS) is 10.7. The highest BCUT2D eigenvalue weighted by Gasteiger charge is 2.16. The Bertz CT molecular complexity index is 1010. The Morgan fingerprint density at radius 2 is 0.733 bits per heavy atom. The van der Waals surface area contributed by atoms with Crippen LogP contribution >= 0.6 is 0 Å². The van der Waals surface area contributed by atoms with Gasteiger partial charge in [0.2, 0.25) is 0 Å². The summed E-state index contributed by atoms with van der Waals surface area (Å²) in [6.45, 7) is -2.36. The molecule has 0 saturated carbocycles. The van der Waals surface area contributed by atoms with Crippen molar-refractivity contribution in [3.63, 3.8) is 0 Å². The van der Waals surface area contributed by atoms with Gasteiger partial charge < -0.3 is 59.7 Å². The number of alkyl carbamates (subject to hydrolysis) is 3. The standard InChI is InChI=1S/C24H42N6O15/c31-7-10-40-13-16-43-19(34)25-1-4-28-22(37)29(5-2-26-20(35)44-17-14-41-11-8-32)24(39)30(23(28)38)6-3-27-21(36)45-18-15-42-12-9-33/h31-33H,1-18H2,(H,25,34)(H,26,35)(H,27,36). The molecule has 1 aromatic rings. The number of carbonyl (C=O) groups is 3. The molecule has 45 heavy (non-hydrogen) atoms. The molecular formula is C24H42N6O15. The zero-order chi connectivity index (χ0) is 33.3. The number of aliphatic hydroxyl groups is 3. The highest BCUT2D eigenvalue weighted by Crippen LogP contribution is 1.85. The number of aliphatic hydroxyl groups excluding tert-OH is 3. The fourth-order valence-corrected chi connectivity index (χ4v) is 3.30. The summed E-state index contributed by atoms with van der Waals surface area (Å²) >= 11 is 0. The molecular weight excluding hydrogens is 612 g/mol. The van der Waals surface area contributed by atoms with Crippen molar-refractivity contribution in [2.75, 3.05) is 98.9 Å². The van der Waals surface area contributed by atoms with Crippen molar-refractivity contribution in [3.05, 3.63) is 31.5 Å². The van der Waals surface area contributed by atoms with Crippen LogP contribution in [0.15, 0.2) is 14.4 Å². The smallest absolute Gasteiger partial charge is 0.407 e. The van der Waals surface area contributed by atoms with E-state index in [4.69, 9.17) is 43.7 Å². The van der Waals surface area contributed by atoms with Gasteiger partial charge in [-0.3, -0.25) is 0 Å². The summed E-state index contributed by atoms with van der Waals surface area (Å²) in [5.74, 6) is 0. The number of amides is 3. The van der Waals surface area contributed by atoms with E-state index in [1.165, 1.54) is 0 Å². The molecule has 21 heteroatoms. The Morgan fingerprint density at radius 3 is 0.978 bits per heavy atom. The molecule has 0 aromatic carbocycles. The molecule has 1 rings (SSSR count). The molecule has 6 N–H and O–H groups in total. The second kappa shape index (κ2) is 24.3. The van der Waals surface area contributed by atoms with Gasteiger partial charge in [0.15, 0.2) is 0 Å². The summed E-state index contributed by atoms with van der Waals surface area (Å²) < 4.78 is 31.6. The quantitative estimate of drug-likeness (QED) is 0.0452. The van der Waals surface area contributed by atoms with Crippen LogP contribution < -0.4 is 33.0 Å². The third-order valence-electron chi connectivity index (χ3n) is 5.29. The van der Waals surface area contributed by atoms with Gasteiger partial charge in [0, 0.05) is 39.3 Å². The van der Waals surface area contributed by atoms with Gasteiger partial charge in [-0.05, 0) is 0 Å². The van der Waals surface area contributed by atoms with Crippen LogP contribution in [0.2, 0.25) is 0 Å². The number of ether oxygens (including phenoxy) is 6. The Hall–Kier alpha value is -4.02. The van der Waals surface area contributed by atoms with Crippen LogP contribution in [-0.4, -0.2) is 146 Å². The number of aromatic nitrogens is 3. The largest absolute Gasteiger partial charge is 0.447 e. The van der Waals surface area contributed by atoms with Crippen molar-refractivity contribution >= 4 is 18.3 Å². The molecule has 0 radical (unpaired) electrons. The van der Waals surface area contributed by atoms with Crippen molar-refractivity contribution in [1.29, 1.82) is 0 Å². The first kappa shape index (κ1) is 39.0. The first-order chi connectivity index (χ1) is 21.8. The zero-order valence-corrected chi connectivity index (χ0v) is 24.8. The van der Waals surface area contributed by atoms with Crippen molar-refractivity contribution in [2.45, 2.75) is 19.6 Å². The van der Waals surface area contributed by atoms with Gasteiger partial charge in [-0.25, -0.2) is 42.5 Å². The lowest BCUT2D eigenvalue weighted by Crippen LogP contribution is -2.56. The predicted octanol–water partition coefficient (Wildman–Crippen LogP) is -4.62. The number of hydrogen-bond donors (Lipinski definition) is 6. The average Bonchev–Trinajstić information content (AvgIpc) is 3.01. The predicted molar refractivity (Wildman–Crippen MR) is 151 cm³/mol. The third-order valence-corrected chi connectivity index (χ3v) is 5.29. The van der Waals surface area contributed by atoms with Crippen molar-refractivity contribution < 1.29 is 58.1 Å². The van der Waals surface area contributed by atoms with E-state index >= 15 is 0 Å². The second-order valence-electron chi connectivity index (χ2n) is 8.50. The molecule has 21 nitrogen and oxygen atoms in total. The number of carbonyl (C=O) groups excluding carboxylic acids is 3. The van der Waals surface area contributed by atoms with Crippen LogP contribution in [0.25, 0.3) is 0 Å². The van der Waals surface area contributed by atoms with Crippen LogP contribution in [-0.2, 0) is 48.1 Å². The molecule has 0 saturated heterocycles. The average molecular weight is 655 g/mol. The van der Waals surface area contributed by atoms with Crippen molar-refractivity contribution in [2.24, 2.45) is 0 Å². The minimum absolute atomic E-state index is 0.0429. The van der Waals surface area contributed by atoms with E-state index < -0.39 is 35.3 Å². The van der Waals surface area contributed by atoms with Crippen molar-refractivity contribution in [1.82, 2.24) is 29.7 Å².